The van der Waals surface area contributed by atoms with Crippen molar-refractivity contribution in [2.24, 2.45) is 5.92 Å². The van der Waals surface area contributed by atoms with Crippen LogP contribution in [0.3, 0.4) is 0 Å². The average molecular weight is 232 g/mol. The normalized spacial score (nSPS) is 26.2. The summed E-state index contributed by atoms with van der Waals surface area (Å²) in [7, 11) is 0. The van der Waals surface area contributed by atoms with Gasteiger partial charge < -0.3 is 5.32 Å². The summed E-state index contributed by atoms with van der Waals surface area (Å²) in [6, 6.07) is 1.16. The summed E-state index contributed by atoms with van der Waals surface area (Å²) in [4.78, 5) is 1.88. The van der Waals surface area contributed by atoms with Crippen molar-refractivity contribution in [3.8, 4) is 0 Å². The molecule has 16 heavy (non-hydrogen) atoms. The predicted molar refractivity (Wildman–Crippen MR) is 60.8 cm³/mol. The van der Waals surface area contributed by atoms with Crippen molar-refractivity contribution in [2.75, 3.05) is 19.6 Å². The molecule has 1 heterocycles. The van der Waals surface area contributed by atoms with Crippen LogP contribution in [0.4, 0.5) is 8.78 Å². The second-order valence-corrected chi connectivity index (χ2v) is 5.26. The summed E-state index contributed by atoms with van der Waals surface area (Å²) in [5.74, 6) is 0.874. The van der Waals surface area contributed by atoms with Gasteiger partial charge in [-0.15, -0.1) is 0 Å². The first-order chi connectivity index (χ1) is 7.65. The van der Waals surface area contributed by atoms with Crippen LogP contribution in [0.25, 0.3) is 0 Å². The van der Waals surface area contributed by atoms with Gasteiger partial charge in [0.05, 0.1) is 6.54 Å². The van der Waals surface area contributed by atoms with E-state index in [1.54, 1.807) is 0 Å². The number of piperidine rings is 1. The molecule has 0 radical (unpaired) electrons. The van der Waals surface area contributed by atoms with Crippen LogP contribution in [-0.2, 0) is 0 Å². The molecule has 1 atom stereocenters. The number of nitrogens with zero attached hydrogens (tertiary/aromatic N) is 1. The minimum Gasteiger partial charge on any atom is -0.311 e. The molecular weight excluding hydrogens is 210 g/mol. The second kappa shape index (κ2) is 5.41. The summed E-state index contributed by atoms with van der Waals surface area (Å²) >= 11 is 0. The zero-order valence-corrected chi connectivity index (χ0v) is 9.96. The highest BCUT2D eigenvalue weighted by molar-refractivity contribution is 4.87. The molecule has 0 aromatic heterocycles. The fraction of sp³-hybridized carbons (Fsp3) is 1.00. The van der Waals surface area contributed by atoms with Gasteiger partial charge >= 0.3 is 0 Å². The molecule has 0 aromatic carbocycles. The van der Waals surface area contributed by atoms with E-state index >= 15 is 0 Å². The number of halogens is 2. The van der Waals surface area contributed by atoms with Crippen LogP contribution >= 0.6 is 0 Å². The van der Waals surface area contributed by atoms with Gasteiger partial charge in [0.25, 0.3) is 6.43 Å². The van der Waals surface area contributed by atoms with Gasteiger partial charge in [0.2, 0.25) is 0 Å². The standard InChI is InChI=1S/C12H22F2N2/c1-9(10-2-3-10)15-11-4-6-16(7-5-11)8-12(13)14/h9-12,15H,2-8H2,1H3. The quantitative estimate of drug-likeness (QED) is 0.781. The molecule has 1 saturated carbocycles. The van der Waals surface area contributed by atoms with Gasteiger partial charge in [-0.05, 0) is 51.6 Å². The Kier molecular flexibility index (Phi) is 4.14. The third kappa shape index (κ3) is 3.67. The molecule has 2 aliphatic rings. The maximum absolute atomic E-state index is 12.2. The molecule has 1 N–H and O–H groups in total. The maximum atomic E-state index is 12.2. The molecule has 0 bridgehead atoms. The first kappa shape index (κ1) is 12.2. The van der Waals surface area contributed by atoms with Gasteiger partial charge in [0, 0.05) is 12.1 Å². The summed E-state index contributed by atoms with van der Waals surface area (Å²) in [6.45, 7) is 3.84. The Balaban J connectivity index is 1.64. The minimum atomic E-state index is -2.19. The molecule has 1 unspecified atom stereocenters. The zero-order chi connectivity index (χ0) is 11.5. The zero-order valence-electron chi connectivity index (χ0n) is 9.96. The molecule has 4 heteroatoms. The molecule has 0 spiro atoms. The van der Waals surface area contributed by atoms with E-state index in [-0.39, 0.29) is 6.54 Å². The highest BCUT2D eigenvalue weighted by Crippen LogP contribution is 2.32. The Morgan fingerprint density at radius 3 is 2.31 bits per heavy atom. The fourth-order valence-corrected chi connectivity index (χ4v) is 2.58. The number of hydrogen-bond acceptors (Lipinski definition) is 2. The Morgan fingerprint density at radius 1 is 1.19 bits per heavy atom. The molecule has 1 aliphatic heterocycles. The van der Waals surface area contributed by atoms with Crippen molar-refractivity contribution >= 4 is 0 Å². The van der Waals surface area contributed by atoms with Crippen LogP contribution in [0.5, 0.6) is 0 Å². The van der Waals surface area contributed by atoms with Crippen LogP contribution < -0.4 is 5.32 Å². The Labute approximate surface area is 96.4 Å². The van der Waals surface area contributed by atoms with Crippen molar-refractivity contribution in [1.29, 1.82) is 0 Å². The lowest BCUT2D eigenvalue weighted by Crippen LogP contribution is -2.46. The summed E-state index contributed by atoms with van der Waals surface area (Å²) in [5.41, 5.74) is 0. The van der Waals surface area contributed by atoms with Gasteiger partial charge in [-0.1, -0.05) is 0 Å². The van der Waals surface area contributed by atoms with E-state index in [9.17, 15) is 8.78 Å². The lowest BCUT2D eigenvalue weighted by Gasteiger charge is -2.33. The Hall–Kier alpha value is -0.220. The van der Waals surface area contributed by atoms with Gasteiger partial charge in [-0.2, -0.15) is 0 Å². The van der Waals surface area contributed by atoms with Crippen molar-refractivity contribution < 1.29 is 8.78 Å². The van der Waals surface area contributed by atoms with E-state index in [1.807, 2.05) is 4.90 Å². The van der Waals surface area contributed by atoms with Crippen LogP contribution in [0.1, 0.15) is 32.6 Å². The monoisotopic (exact) mass is 232 g/mol. The predicted octanol–water partition coefficient (Wildman–Crippen LogP) is 2.10. The van der Waals surface area contributed by atoms with Gasteiger partial charge in [-0.25, -0.2) is 8.78 Å². The SMILES string of the molecule is CC(NC1CCN(CC(F)F)CC1)C1CC1. The first-order valence-electron chi connectivity index (χ1n) is 6.41. The lowest BCUT2D eigenvalue weighted by atomic mass is 10.0. The van der Waals surface area contributed by atoms with E-state index < -0.39 is 6.43 Å². The number of hydrogen-bond donors (Lipinski definition) is 1. The number of alkyl halides is 2. The van der Waals surface area contributed by atoms with E-state index in [0.29, 0.717) is 12.1 Å². The van der Waals surface area contributed by atoms with Gasteiger partial charge in [-0.3, -0.25) is 4.90 Å². The fourth-order valence-electron chi connectivity index (χ4n) is 2.58. The molecule has 2 fully saturated rings. The van der Waals surface area contributed by atoms with Gasteiger partial charge in [0.1, 0.15) is 0 Å². The Morgan fingerprint density at radius 2 is 1.81 bits per heavy atom. The summed E-state index contributed by atoms with van der Waals surface area (Å²) < 4.78 is 24.4. The molecule has 1 saturated heterocycles. The van der Waals surface area contributed by atoms with Crippen molar-refractivity contribution in [1.82, 2.24) is 10.2 Å². The van der Waals surface area contributed by atoms with Crippen LogP contribution in [0.15, 0.2) is 0 Å². The van der Waals surface area contributed by atoms with E-state index in [4.69, 9.17) is 0 Å². The average Bonchev–Trinajstić information content (AvgIpc) is 3.03. The van der Waals surface area contributed by atoms with E-state index in [2.05, 4.69) is 12.2 Å². The topological polar surface area (TPSA) is 15.3 Å². The van der Waals surface area contributed by atoms with Crippen molar-refractivity contribution in [3.63, 3.8) is 0 Å². The molecular formula is C12H22F2N2. The smallest absolute Gasteiger partial charge is 0.251 e. The lowest BCUT2D eigenvalue weighted by molar-refractivity contribution is 0.0720. The van der Waals surface area contributed by atoms with Gasteiger partial charge in [0.15, 0.2) is 0 Å². The highest BCUT2D eigenvalue weighted by atomic mass is 19.3. The summed E-state index contributed by atoms with van der Waals surface area (Å²) in [6.07, 6.45) is 2.57. The van der Waals surface area contributed by atoms with Crippen molar-refractivity contribution in [3.05, 3.63) is 0 Å². The molecule has 2 nitrogen and oxygen atoms in total. The maximum Gasteiger partial charge on any atom is 0.251 e. The molecule has 0 amide bonds. The molecule has 0 aromatic rings. The number of likely N-dealkylation sites (tertiary alicyclic amines) is 1. The third-order valence-electron chi connectivity index (χ3n) is 3.81. The second-order valence-electron chi connectivity index (χ2n) is 5.26. The Bertz CT molecular complexity index is 211. The van der Waals surface area contributed by atoms with E-state index in [0.717, 1.165) is 31.8 Å². The molecule has 94 valence electrons. The third-order valence-corrected chi connectivity index (χ3v) is 3.81. The minimum absolute atomic E-state index is 0.0507. The van der Waals surface area contributed by atoms with E-state index in [1.165, 1.54) is 12.8 Å². The van der Waals surface area contributed by atoms with Crippen LogP contribution in [0.2, 0.25) is 0 Å². The first-order valence-corrected chi connectivity index (χ1v) is 6.41. The van der Waals surface area contributed by atoms with Crippen LogP contribution in [0, 0.1) is 5.92 Å². The molecule has 2 rings (SSSR count). The summed E-state index contributed by atoms with van der Waals surface area (Å²) in [5, 5.41) is 3.64. The van der Waals surface area contributed by atoms with Crippen molar-refractivity contribution in [2.45, 2.75) is 51.1 Å². The van der Waals surface area contributed by atoms with Crippen LogP contribution in [-0.4, -0.2) is 43.0 Å². The molecule has 1 aliphatic carbocycles. The number of rotatable bonds is 5. The largest absolute Gasteiger partial charge is 0.311 e. The highest BCUT2D eigenvalue weighted by Gasteiger charge is 2.30. The number of nitrogens with one attached hydrogen (secondary N) is 1.